The third-order valence-corrected chi connectivity index (χ3v) is 4.22. The lowest BCUT2D eigenvalue weighted by atomic mass is 9.87. The quantitative estimate of drug-likeness (QED) is 0.856. The highest BCUT2D eigenvalue weighted by atomic mass is 79.9. The molecule has 1 aromatic carbocycles. The van der Waals surface area contributed by atoms with Crippen LogP contribution in [0.1, 0.15) is 32.0 Å². The topological polar surface area (TPSA) is 51.2 Å². The van der Waals surface area contributed by atoms with E-state index in [4.69, 9.17) is 4.74 Å². The van der Waals surface area contributed by atoms with Gasteiger partial charge in [-0.05, 0) is 58.1 Å². The van der Waals surface area contributed by atoms with E-state index >= 15 is 0 Å². The van der Waals surface area contributed by atoms with Crippen molar-refractivity contribution < 1.29 is 9.53 Å². The summed E-state index contributed by atoms with van der Waals surface area (Å²) in [6.45, 7) is 8.29. The second-order valence-electron chi connectivity index (χ2n) is 6.37. The third kappa shape index (κ3) is 5.06. The van der Waals surface area contributed by atoms with Gasteiger partial charge in [0.25, 0.3) is 5.91 Å². The molecule has 122 valence electrons. The molecule has 0 saturated carbocycles. The van der Waals surface area contributed by atoms with Crippen molar-refractivity contribution in [2.24, 2.45) is 0 Å². The third-order valence-electron chi connectivity index (χ3n) is 3.38. The van der Waals surface area contributed by atoms with Crippen molar-refractivity contribution >= 4 is 27.7 Å². The van der Waals surface area contributed by atoms with Crippen LogP contribution in [0.3, 0.4) is 0 Å². The number of anilines is 1. The second kappa shape index (κ2) is 7.13. The van der Waals surface area contributed by atoms with Crippen LogP contribution in [0.5, 0.6) is 5.75 Å². The summed E-state index contributed by atoms with van der Waals surface area (Å²) >= 11 is 3.38. The Labute approximate surface area is 145 Å². The summed E-state index contributed by atoms with van der Waals surface area (Å²) in [7, 11) is 0. The van der Waals surface area contributed by atoms with Crippen LogP contribution in [0.2, 0.25) is 0 Å². The van der Waals surface area contributed by atoms with Crippen molar-refractivity contribution in [3.8, 4) is 5.75 Å². The zero-order chi connectivity index (χ0) is 17.0. The fraction of sp³-hybridized carbons (Fsp3) is 0.333. The molecular weight excluding hydrogens is 356 g/mol. The number of amides is 1. The van der Waals surface area contributed by atoms with Crippen LogP contribution in [0, 0.1) is 6.92 Å². The zero-order valence-electron chi connectivity index (χ0n) is 13.8. The number of halogens is 1. The first-order valence-electron chi connectivity index (χ1n) is 7.42. The molecule has 2 rings (SSSR count). The summed E-state index contributed by atoms with van der Waals surface area (Å²) in [5.41, 5.74) is 2.14. The van der Waals surface area contributed by atoms with E-state index in [1.54, 1.807) is 6.07 Å². The van der Waals surface area contributed by atoms with Crippen LogP contribution in [-0.4, -0.2) is 17.5 Å². The maximum atomic E-state index is 11.9. The standard InChI is InChI=1S/C18H21BrN2O2/c1-12-15(19)9-10-16(20-12)21-17(22)11-23-14-7-5-13(6-8-14)18(2,3)4/h5-10H,11H2,1-4H3,(H,20,21,22). The van der Waals surface area contributed by atoms with E-state index < -0.39 is 0 Å². The van der Waals surface area contributed by atoms with Crippen LogP contribution in [0.4, 0.5) is 5.82 Å². The molecule has 0 bridgehead atoms. The number of ether oxygens (including phenoxy) is 1. The van der Waals surface area contributed by atoms with Gasteiger partial charge in [-0.15, -0.1) is 0 Å². The van der Waals surface area contributed by atoms with Crippen molar-refractivity contribution in [3.05, 3.63) is 52.1 Å². The molecule has 0 aliphatic rings. The largest absolute Gasteiger partial charge is 0.484 e. The van der Waals surface area contributed by atoms with Gasteiger partial charge in [0.15, 0.2) is 6.61 Å². The molecule has 1 N–H and O–H groups in total. The van der Waals surface area contributed by atoms with Crippen LogP contribution < -0.4 is 10.1 Å². The summed E-state index contributed by atoms with van der Waals surface area (Å²) in [6.07, 6.45) is 0. The van der Waals surface area contributed by atoms with Crippen LogP contribution in [0.25, 0.3) is 0 Å². The molecule has 0 aliphatic carbocycles. The van der Waals surface area contributed by atoms with Crippen LogP contribution in [0.15, 0.2) is 40.9 Å². The van der Waals surface area contributed by atoms with E-state index in [1.807, 2.05) is 37.3 Å². The molecule has 0 unspecified atom stereocenters. The number of carbonyl (C=O) groups is 1. The minimum Gasteiger partial charge on any atom is -0.484 e. The molecule has 4 nitrogen and oxygen atoms in total. The van der Waals surface area contributed by atoms with Gasteiger partial charge in [0.2, 0.25) is 0 Å². The van der Waals surface area contributed by atoms with Crippen molar-refractivity contribution in [1.82, 2.24) is 4.98 Å². The van der Waals surface area contributed by atoms with Gasteiger partial charge in [-0.3, -0.25) is 4.79 Å². The predicted octanol–water partition coefficient (Wildman–Crippen LogP) is 4.47. The Morgan fingerprint density at radius 1 is 1.17 bits per heavy atom. The summed E-state index contributed by atoms with van der Waals surface area (Å²) in [6, 6.07) is 11.4. The minimum atomic E-state index is -0.237. The Balaban J connectivity index is 1.90. The normalized spacial score (nSPS) is 11.2. The lowest BCUT2D eigenvalue weighted by molar-refractivity contribution is -0.118. The maximum Gasteiger partial charge on any atom is 0.263 e. The molecule has 1 amide bonds. The van der Waals surface area contributed by atoms with Gasteiger partial charge < -0.3 is 10.1 Å². The second-order valence-corrected chi connectivity index (χ2v) is 7.23. The number of pyridine rings is 1. The molecule has 0 spiro atoms. The molecule has 23 heavy (non-hydrogen) atoms. The smallest absolute Gasteiger partial charge is 0.263 e. The lowest BCUT2D eigenvalue weighted by Gasteiger charge is -2.19. The Kier molecular flexibility index (Phi) is 5.42. The number of rotatable bonds is 4. The number of nitrogens with one attached hydrogen (secondary N) is 1. The predicted molar refractivity (Wildman–Crippen MR) is 95.9 cm³/mol. The summed E-state index contributed by atoms with van der Waals surface area (Å²) in [5, 5.41) is 2.72. The van der Waals surface area contributed by atoms with Gasteiger partial charge in [0, 0.05) is 4.47 Å². The van der Waals surface area contributed by atoms with Crippen LogP contribution in [-0.2, 0) is 10.2 Å². The molecule has 1 heterocycles. The maximum absolute atomic E-state index is 11.9. The number of hydrogen-bond acceptors (Lipinski definition) is 3. The fourth-order valence-electron chi connectivity index (χ4n) is 1.99. The Bertz CT molecular complexity index is 691. The molecule has 2 aromatic rings. The van der Waals surface area contributed by atoms with E-state index in [0.29, 0.717) is 11.6 Å². The fourth-order valence-corrected chi connectivity index (χ4v) is 2.21. The van der Waals surface area contributed by atoms with Gasteiger partial charge >= 0.3 is 0 Å². The molecule has 0 radical (unpaired) electrons. The van der Waals surface area contributed by atoms with Gasteiger partial charge in [-0.25, -0.2) is 4.98 Å². The number of hydrogen-bond donors (Lipinski definition) is 1. The Morgan fingerprint density at radius 2 is 1.83 bits per heavy atom. The van der Waals surface area contributed by atoms with Gasteiger partial charge in [-0.2, -0.15) is 0 Å². The summed E-state index contributed by atoms with van der Waals surface area (Å²) in [4.78, 5) is 16.2. The average Bonchev–Trinajstić information content (AvgIpc) is 2.48. The molecule has 1 aromatic heterocycles. The van der Waals surface area contributed by atoms with Gasteiger partial charge in [0.1, 0.15) is 11.6 Å². The number of benzene rings is 1. The average molecular weight is 377 g/mol. The van der Waals surface area contributed by atoms with Crippen LogP contribution >= 0.6 is 15.9 Å². The number of aromatic nitrogens is 1. The molecule has 0 fully saturated rings. The van der Waals surface area contributed by atoms with E-state index in [2.05, 4.69) is 47.0 Å². The Hall–Kier alpha value is -1.88. The molecular formula is C18H21BrN2O2. The number of nitrogens with zero attached hydrogens (tertiary/aromatic N) is 1. The van der Waals surface area contributed by atoms with Crippen molar-refractivity contribution in [3.63, 3.8) is 0 Å². The van der Waals surface area contributed by atoms with Gasteiger partial charge in [-0.1, -0.05) is 32.9 Å². The molecule has 5 heteroatoms. The molecule has 0 atom stereocenters. The lowest BCUT2D eigenvalue weighted by Crippen LogP contribution is -2.21. The highest BCUT2D eigenvalue weighted by Crippen LogP contribution is 2.24. The first kappa shape index (κ1) is 17.5. The first-order chi connectivity index (χ1) is 10.8. The zero-order valence-corrected chi connectivity index (χ0v) is 15.4. The van der Waals surface area contributed by atoms with E-state index in [0.717, 1.165) is 10.2 Å². The molecule has 0 saturated heterocycles. The van der Waals surface area contributed by atoms with Gasteiger partial charge in [0.05, 0.1) is 5.69 Å². The van der Waals surface area contributed by atoms with Crippen molar-refractivity contribution in [1.29, 1.82) is 0 Å². The molecule has 0 aliphatic heterocycles. The van der Waals surface area contributed by atoms with E-state index in [-0.39, 0.29) is 17.9 Å². The summed E-state index contributed by atoms with van der Waals surface area (Å²) in [5.74, 6) is 0.953. The van der Waals surface area contributed by atoms with Crippen molar-refractivity contribution in [2.75, 3.05) is 11.9 Å². The van der Waals surface area contributed by atoms with E-state index in [1.165, 1.54) is 5.56 Å². The SMILES string of the molecule is Cc1nc(NC(=O)COc2ccc(C(C)(C)C)cc2)ccc1Br. The number of carbonyl (C=O) groups excluding carboxylic acids is 1. The highest BCUT2D eigenvalue weighted by Gasteiger charge is 2.13. The van der Waals surface area contributed by atoms with E-state index in [9.17, 15) is 4.79 Å². The Morgan fingerprint density at radius 3 is 2.39 bits per heavy atom. The monoisotopic (exact) mass is 376 g/mol. The summed E-state index contributed by atoms with van der Waals surface area (Å²) < 4.78 is 6.42. The first-order valence-corrected chi connectivity index (χ1v) is 8.21. The highest BCUT2D eigenvalue weighted by molar-refractivity contribution is 9.10. The van der Waals surface area contributed by atoms with Crippen molar-refractivity contribution in [2.45, 2.75) is 33.1 Å². The number of aryl methyl sites for hydroxylation is 1. The minimum absolute atomic E-state index is 0.0499.